The minimum atomic E-state index is -4.33. The highest BCUT2D eigenvalue weighted by atomic mass is 19.4. The smallest absolute Gasteiger partial charge is 0.313 e. The molecule has 1 heterocycles. The van der Waals surface area contributed by atoms with Crippen LogP contribution >= 0.6 is 0 Å². The summed E-state index contributed by atoms with van der Waals surface area (Å²) in [4.78, 5) is 3.85. The third-order valence-electron chi connectivity index (χ3n) is 3.80. The van der Waals surface area contributed by atoms with E-state index in [9.17, 15) is 13.2 Å². The van der Waals surface area contributed by atoms with Gasteiger partial charge in [0, 0.05) is 18.4 Å². The first-order valence-corrected chi connectivity index (χ1v) is 5.96. The molecule has 1 saturated carbocycles. The van der Waals surface area contributed by atoms with Crippen LogP contribution in [0.3, 0.4) is 0 Å². The minimum absolute atomic E-state index is 0.104. The van der Waals surface area contributed by atoms with E-state index >= 15 is 0 Å². The third kappa shape index (κ3) is 2.36. The van der Waals surface area contributed by atoms with E-state index in [4.69, 9.17) is 0 Å². The Bertz CT molecular complexity index is 440. The quantitative estimate of drug-likeness (QED) is 0.898. The van der Waals surface area contributed by atoms with Crippen molar-refractivity contribution in [2.24, 2.45) is 11.3 Å². The van der Waals surface area contributed by atoms with Gasteiger partial charge in [-0.25, -0.2) is 0 Å². The monoisotopic (exact) mass is 258 g/mol. The van der Waals surface area contributed by atoms with Crippen LogP contribution in [0.2, 0.25) is 0 Å². The van der Waals surface area contributed by atoms with Crippen molar-refractivity contribution >= 4 is 0 Å². The molecule has 1 aromatic rings. The van der Waals surface area contributed by atoms with Crippen LogP contribution in [-0.2, 0) is 6.18 Å². The van der Waals surface area contributed by atoms with Crippen LogP contribution < -0.4 is 5.32 Å². The highest BCUT2D eigenvalue weighted by Gasteiger charge is 2.51. The van der Waals surface area contributed by atoms with E-state index in [0.29, 0.717) is 0 Å². The molecular weight excluding hydrogens is 241 g/mol. The lowest BCUT2D eigenvalue weighted by Gasteiger charge is -2.22. The molecule has 18 heavy (non-hydrogen) atoms. The average Bonchev–Trinajstić information content (AvgIpc) is 2.88. The van der Waals surface area contributed by atoms with E-state index < -0.39 is 11.7 Å². The number of pyridine rings is 1. The molecule has 1 aliphatic rings. The third-order valence-corrected chi connectivity index (χ3v) is 3.80. The average molecular weight is 258 g/mol. The van der Waals surface area contributed by atoms with Gasteiger partial charge in [-0.3, -0.25) is 4.98 Å². The Morgan fingerprint density at radius 3 is 2.50 bits per heavy atom. The summed E-state index contributed by atoms with van der Waals surface area (Å²) in [7, 11) is 1.70. The summed E-state index contributed by atoms with van der Waals surface area (Å²) >= 11 is 0. The minimum Gasteiger partial charge on any atom is -0.313 e. The Morgan fingerprint density at radius 1 is 1.44 bits per heavy atom. The van der Waals surface area contributed by atoms with E-state index in [1.807, 2.05) is 0 Å². The van der Waals surface area contributed by atoms with Crippen LogP contribution in [0.1, 0.15) is 37.4 Å². The Hall–Kier alpha value is -1.10. The molecule has 2 nitrogen and oxygen atoms in total. The van der Waals surface area contributed by atoms with E-state index in [2.05, 4.69) is 24.1 Å². The highest BCUT2D eigenvalue weighted by Crippen LogP contribution is 2.58. The predicted octanol–water partition coefficient (Wildman–Crippen LogP) is 3.41. The van der Waals surface area contributed by atoms with E-state index in [-0.39, 0.29) is 22.9 Å². The first-order chi connectivity index (χ1) is 8.27. The van der Waals surface area contributed by atoms with Gasteiger partial charge < -0.3 is 5.32 Å². The Labute approximate surface area is 105 Å². The van der Waals surface area contributed by atoms with Crippen LogP contribution in [0, 0.1) is 11.3 Å². The standard InChI is InChI=1S/C13H17F3N2/c1-12(2)6-10(12)11(17-3)8-7-18-5-4-9(8)13(14,15)16/h4-5,7,10-11,17H,6H2,1-3H3. The van der Waals surface area contributed by atoms with Crippen LogP contribution in [0.15, 0.2) is 18.5 Å². The van der Waals surface area contributed by atoms with Gasteiger partial charge >= 0.3 is 6.18 Å². The summed E-state index contributed by atoms with van der Waals surface area (Å²) < 4.78 is 38.9. The van der Waals surface area contributed by atoms with Gasteiger partial charge in [-0.15, -0.1) is 0 Å². The summed E-state index contributed by atoms with van der Waals surface area (Å²) in [6.07, 6.45) is -0.868. The molecule has 0 spiro atoms. The van der Waals surface area contributed by atoms with Crippen molar-refractivity contribution in [2.75, 3.05) is 7.05 Å². The lowest BCUT2D eigenvalue weighted by atomic mass is 9.94. The lowest BCUT2D eigenvalue weighted by Crippen LogP contribution is -2.24. The van der Waals surface area contributed by atoms with Crippen molar-refractivity contribution in [1.29, 1.82) is 0 Å². The van der Waals surface area contributed by atoms with Crippen molar-refractivity contribution in [3.8, 4) is 0 Å². The Balaban J connectivity index is 2.38. The number of alkyl halides is 3. The molecule has 100 valence electrons. The Kier molecular flexibility index (Phi) is 3.13. The summed E-state index contributed by atoms with van der Waals surface area (Å²) in [5.74, 6) is 0.229. The summed E-state index contributed by atoms with van der Waals surface area (Å²) in [5, 5.41) is 3.01. The molecule has 5 heteroatoms. The Morgan fingerprint density at radius 2 is 2.06 bits per heavy atom. The van der Waals surface area contributed by atoms with Crippen molar-refractivity contribution in [3.63, 3.8) is 0 Å². The molecule has 1 aromatic heterocycles. The number of halogens is 3. The molecule has 2 unspecified atom stereocenters. The van der Waals surface area contributed by atoms with Gasteiger partial charge in [0.25, 0.3) is 0 Å². The largest absolute Gasteiger partial charge is 0.416 e. The maximum Gasteiger partial charge on any atom is 0.416 e. The van der Waals surface area contributed by atoms with Crippen LogP contribution in [0.4, 0.5) is 13.2 Å². The van der Waals surface area contributed by atoms with Gasteiger partial charge in [-0.1, -0.05) is 13.8 Å². The van der Waals surface area contributed by atoms with Crippen molar-refractivity contribution in [1.82, 2.24) is 10.3 Å². The highest BCUT2D eigenvalue weighted by molar-refractivity contribution is 5.31. The fraction of sp³-hybridized carbons (Fsp3) is 0.615. The number of aromatic nitrogens is 1. The van der Waals surface area contributed by atoms with Gasteiger partial charge in [0.15, 0.2) is 0 Å². The zero-order valence-electron chi connectivity index (χ0n) is 10.7. The fourth-order valence-corrected chi connectivity index (χ4v) is 2.56. The molecule has 0 amide bonds. The number of nitrogens with one attached hydrogen (secondary N) is 1. The first-order valence-electron chi connectivity index (χ1n) is 5.96. The first kappa shape index (κ1) is 13.3. The lowest BCUT2D eigenvalue weighted by molar-refractivity contribution is -0.138. The molecule has 0 aliphatic heterocycles. The second-order valence-corrected chi connectivity index (χ2v) is 5.53. The van der Waals surface area contributed by atoms with Gasteiger partial charge in [-0.05, 0) is 36.4 Å². The molecule has 1 N–H and O–H groups in total. The van der Waals surface area contributed by atoms with Crippen molar-refractivity contribution in [3.05, 3.63) is 29.6 Å². The second-order valence-electron chi connectivity index (χ2n) is 5.53. The predicted molar refractivity (Wildman–Crippen MR) is 62.9 cm³/mol. The second kappa shape index (κ2) is 4.23. The summed E-state index contributed by atoms with van der Waals surface area (Å²) in [6, 6.07) is 0.764. The fourth-order valence-electron chi connectivity index (χ4n) is 2.56. The van der Waals surface area contributed by atoms with Crippen molar-refractivity contribution < 1.29 is 13.2 Å². The summed E-state index contributed by atoms with van der Waals surface area (Å²) in [6.45, 7) is 4.15. The molecular formula is C13H17F3N2. The summed E-state index contributed by atoms with van der Waals surface area (Å²) in [5.41, 5.74) is -0.227. The molecule has 0 bridgehead atoms. The topological polar surface area (TPSA) is 24.9 Å². The van der Waals surface area contributed by atoms with Crippen LogP contribution in [-0.4, -0.2) is 12.0 Å². The van der Waals surface area contributed by atoms with Gasteiger partial charge in [0.2, 0.25) is 0 Å². The zero-order valence-corrected chi connectivity index (χ0v) is 10.7. The maximum atomic E-state index is 13.0. The van der Waals surface area contributed by atoms with E-state index in [0.717, 1.165) is 12.5 Å². The number of hydrogen-bond donors (Lipinski definition) is 1. The maximum absolute atomic E-state index is 13.0. The molecule has 0 radical (unpaired) electrons. The zero-order chi connectivity index (χ0) is 13.6. The molecule has 2 rings (SSSR count). The SMILES string of the molecule is CNC(c1cnccc1C(F)(F)F)C1CC1(C)C. The molecule has 1 fully saturated rings. The van der Waals surface area contributed by atoms with E-state index in [1.54, 1.807) is 7.05 Å². The number of nitrogens with zero attached hydrogens (tertiary/aromatic N) is 1. The van der Waals surface area contributed by atoms with Gasteiger partial charge in [0.1, 0.15) is 0 Å². The molecule has 1 aliphatic carbocycles. The van der Waals surface area contributed by atoms with Gasteiger partial charge in [-0.2, -0.15) is 13.2 Å². The number of hydrogen-bond acceptors (Lipinski definition) is 2. The molecule has 2 atom stereocenters. The van der Waals surface area contributed by atoms with E-state index in [1.165, 1.54) is 12.4 Å². The van der Waals surface area contributed by atoms with Crippen LogP contribution in [0.25, 0.3) is 0 Å². The number of rotatable bonds is 3. The normalized spacial score (nSPS) is 23.8. The van der Waals surface area contributed by atoms with Crippen LogP contribution in [0.5, 0.6) is 0 Å². The van der Waals surface area contributed by atoms with Crippen molar-refractivity contribution in [2.45, 2.75) is 32.5 Å². The van der Waals surface area contributed by atoms with Gasteiger partial charge in [0.05, 0.1) is 5.56 Å². The molecule has 0 saturated heterocycles. The molecule has 0 aromatic carbocycles.